The van der Waals surface area contributed by atoms with Crippen molar-refractivity contribution in [1.29, 1.82) is 0 Å². The molecule has 6 heteroatoms. The number of methoxy groups -OCH3 is 1. The summed E-state index contributed by atoms with van der Waals surface area (Å²) in [5.41, 5.74) is 1.82. The predicted octanol–water partition coefficient (Wildman–Crippen LogP) is 2.31. The lowest BCUT2D eigenvalue weighted by atomic mass is 10.2. The van der Waals surface area contributed by atoms with Gasteiger partial charge in [-0.25, -0.2) is 4.68 Å². The molecule has 0 amide bonds. The van der Waals surface area contributed by atoms with Crippen LogP contribution < -0.4 is 15.5 Å². The van der Waals surface area contributed by atoms with Gasteiger partial charge in [0.2, 0.25) is 5.43 Å². The van der Waals surface area contributed by atoms with Crippen LogP contribution in [-0.2, 0) is 6.54 Å². The number of nitrogens with one attached hydrogen (secondary N) is 1. The van der Waals surface area contributed by atoms with Gasteiger partial charge in [-0.3, -0.25) is 4.79 Å². The molecular formula is C15H18ClN3O2. The van der Waals surface area contributed by atoms with Crippen molar-refractivity contribution in [1.82, 2.24) is 15.1 Å². The molecular weight excluding hydrogens is 290 g/mol. The van der Waals surface area contributed by atoms with E-state index >= 15 is 0 Å². The van der Waals surface area contributed by atoms with E-state index in [4.69, 9.17) is 16.3 Å². The van der Waals surface area contributed by atoms with E-state index in [9.17, 15) is 4.79 Å². The first-order chi connectivity index (χ1) is 10.1. The fraction of sp³-hybridized carbons (Fsp3) is 0.333. The van der Waals surface area contributed by atoms with Gasteiger partial charge in [-0.1, -0.05) is 18.5 Å². The highest BCUT2D eigenvalue weighted by Gasteiger charge is 2.12. The molecule has 0 bridgehead atoms. The summed E-state index contributed by atoms with van der Waals surface area (Å²) in [5, 5.41) is 8.13. The van der Waals surface area contributed by atoms with Crippen molar-refractivity contribution < 1.29 is 4.74 Å². The Morgan fingerprint density at radius 1 is 1.38 bits per heavy atom. The molecule has 0 aliphatic heterocycles. The van der Waals surface area contributed by atoms with E-state index < -0.39 is 0 Å². The third-order valence-electron chi connectivity index (χ3n) is 3.09. The normalized spacial score (nSPS) is 10.7. The maximum absolute atomic E-state index is 12.0. The predicted molar refractivity (Wildman–Crippen MR) is 83.5 cm³/mol. The molecule has 1 aromatic carbocycles. The lowest BCUT2D eigenvalue weighted by molar-refractivity contribution is 0.411. The van der Waals surface area contributed by atoms with Crippen molar-refractivity contribution in [3.8, 4) is 11.4 Å². The summed E-state index contributed by atoms with van der Waals surface area (Å²) in [6.45, 7) is 5.01. The number of nitrogens with zero attached hydrogens (tertiary/aromatic N) is 2. The molecule has 0 spiro atoms. The van der Waals surface area contributed by atoms with E-state index in [1.54, 1.807) is 36.1 Å². The van der Waals surface area contributed by atoms with Gasteiger partial charge >= 0.3 is 0 Å². The first-order valence-electron chi connectivity index (χ1n) is 6.71. The number of hydrogen-bond donors (Lipinski definition) is 1. The average molecular weight is 308 g/mol. The third kappa shape index (κ3) is 3.43. The zero-order valence-electron chi connectivity index (χ0n) is 12.3. The van der Waals surface area contributed by atoms with Crippen LogP contribution in [0.3, 0.4) is 0 Å². The summed E-state index contributed by atoms with van der Waals surface area (Å²) in [7, 11) is 1.59. The number of aryl methyl sites for hydroxylation is 1. The topological polar surface area (TPSA) is 56.1 Å². The van der Waals surface area contributed by atoms with E-state index in [2.05, 4.69) is 10.4 Å². The number of benzene rings is 1. The minimum absolute atomic E-state index is 0.0781. The van der Waals surface area contributed by atoms with Crippen molar-refractivity contribution in [3.05, 3.63) is 50.9 Å². The summed E-state index contributed by atoms with van der Waals surface area (Å²) >= 11 is 6.06. The Balaban J connectivity index is 2.58. The molecule has 1 heterocycles. The number of halogens is 1. The molecule has 5 nitrogen and oxygen atoms in total. The van der Waals surface area contributed by atoms with Crippen LogP contribution in [0, 0.1) is 6.92 Å². The largest absolute Gasteiger partial charge is 0.494 e. The SMILES string of the molecule is CCNCc1nn(-c2cc(Cl)ccc2OC)c(C)cc1=O. The molecule has 1 N–H and O–H groups in total. The highest BCUT2D eigenvalue weighted by Crippen LogP contribution is 2.26. The molecule has 2 aromatic rings. The summed E-state index contributed by atoms with van der Waals surface area (Å²) in [4.78, 5) is 12.0. The van der Waals surface area contributed by atoms with E-state index in [0.717, 1.165) is 12.2 Å². The molecule has 0 saturated heterocycles. The summed E-state index contributed by atoms with van der Waals surface area (Å²) < 4.78 is 7.03. The van der Waals surface area contributed by atoms with Gasteiger partial charge in [0.1, 0.15) is 17.1 Å². The van der Waals surface area contributed by atoms with Gasteiger partial charge < -0.3 is 10.1 Å². The molecule has 0 fully saturated rings. The average Bonchev–Trinajstić information content (AvgIpc) is 2.46. The number of aromatic nitrogens is 2. The van der Waals surface area contributed by atoms with Crippen molar-refractivity contribution in [2.75, 3.05) is 13.7 Å². The maximum atomic E-state index is 12.0. The van der Waals surface area contributed by atoms with Crippen LogP contribution in [0.1, 0.15) is 18.3 Å². The van der Waals surface area contributed by atoms with E-state index in [1.165, 1.54) is 0 Å². The second-order valence-corrected chi connectivity index (χ2v) is 5.04. The Kier molecular flexibility index (Phi) is 4.98. The summed E-state index contributed by atoms with van der Waals surface area (Å²) in [6.07, 6.45) is 0. The zero-order valence-corrected chi connectivity index (χ0v) is 13.1. The van der Waals surface area contributed by atoms with Gasteiger partial charge in [-0.15, -0.1) is 0 Å². The highest BCUT2D eigenvalue weighted by atomic mass is 35.5. The van der Waals surface area contributed by atoms with Crippen molar-refractivity contribution in [3.63, 3.8) is 0 Å². The Morgan fingerprint density at radius 2 is 2.14 bits per heavy atom. The molecule has 0 radical (unpaired) electrons. The molecule has 21 heavy (non-hydrogen) atoms. The molecule has 0 atom stereocenters. The monoisotopic (exact) mass is 307 g/mol. The van der Waals surface area contributed by atoms with Gasteiger partial charge in [0, 0.05) is 23.3 Å². The second kappa shape index (κ2) is 6.74. The fourth-order valence-corrected chi connectivity index (χ4v) is 2.19. The summed E-state index contributed by atoms with van der Waals surface area (Å²) in [6, 6.07) is 6.87. The molecule has 0 aliphatic carbocycles. The standard InChI is InChI=1S/C15H18ClN3O2/c1-4-17-9-12-14(20)7-10(2)19(18-12)13-8-11(16)5-6-15(13)21-3/h5-8,17H,4,9H2,1-3H3. The molecule has 0 aliphatic rings. The van der Waals surface area contributed by atoms with Crippen LogP contribution in [0.25, 0.3) is 5.69 Å². The molecule has 2 rings (SSSR count). The van der Waals surface area contributed by atoms with E-state index in [1.807, 2.05) is 13.8 Å². The Hall–Kier alpha value is -1.85. The van der Waals surface area contributed by atoms with Crippen LogP contribution in [-0.4, -0.2) is 23.4 Å². The van der Waals surface area contributed by atoms with Gasteiger partial charge in [-0.2, -0.15) is 5.10 Å². The zero-order chi connectivity index (χ0) is 15.4. The van der Waals surface area contributed by atoms with Gasteiger partial charge in [-0.05, 0) is 31.7 Å². The number of rotatable bonds is 5. The van der Waals surface area contributed by atoms with Crippen molar-refractivity contribution in [2.24, 2.45) is 0 Å². The van der Waals surface area contributed by atoms with Crippen LogP contribution in [0.4, 0.5) is 0 Å². The summed E-state index contributed by atoms with van der Waals surface area (Å²) in [5.74, 6) is 0.646. The first kappa shape index (κ1) is 15.5. The molecule has 1 aromatic heterocycles. The van der Waals surface area contributed by atoms with E-state index in [-0.39, 0.29) is 5.43 Å². The van der Waals surface area contributed by atoms with Crippen LogP contribution in [0.5, 0.6) is 5.75 Å². The second-order valence-electron chi connectivity index (χ2n) is 4.60. The smallest absolute Gasteiger partial charge is 0.204 e. The van der Waals surface area contributed by atoms with Crippen LogP contribution in [0.2, 0.25) is 5.02 Å². The van der Waals surface area contributed by atoms with Crippen LogP contribution in [0.15, 0.2) is 29.1 Å². The minimum Gasteiger partial charge on any atom is -0.494 e. The van der Waals surface area contributed by atoms with Gasteiger partial charge in [0.05, 0.1) is 7.11 Å². The van der Waals surface area contributed by atoms with Gasteiger partial charge in [0.25, 0.3) is 0 Å². The van der Waals surface area contributed by atoms with Crippen molar-refractivity contribution in [2.45, 2.75) is 20.4 Å². The van der Waals surface area contributed by atoms with E-state index in [0.29, 0.717) is 28.7 Å². The first-order valence-corrected chi connectivity index (χ1v) is 7.09. The van der Waals surface area contributed by atoms with Gasteiger partial charge in [0.15, 0.2) is 0 Å². The Labute approximate surface area is 128 Å². The minimum atomic E-state index is -0.0781. The lowest BCUT2D eigenvalue weighted by Crippen LogP contribution is -2.24. The van der Waals surface area contributed by atoms with Crippen molar-refractivity contribution >= 4 is 11.6 Å². The maximum Gasteiger partial charge on any atom is 0.204 e. The Morgan fingerprint density at radius 3 is 2.81 bits per heavy atom. The molecule has 0 saturated carbocycles. The quantitative estimate of drug-likeness (QED) is 0.921. The number of ether oxygens (including phenoxy) is 1. The Bertz CT molecular complexity index is 698. The van der Waals surface area contributed by atoms with Crippen LogP contribution >= 0.6 is 11.6 Å². The highest BCUT2D eigenvalue weighted by molar-refractivity contribution is 6.30. The fourth-order valence-electron chi connectivity index (χ4n) is 2.02. The lowest BCUT2D eigenvalue weighted by Gasteiger charge is -2.15. The number of hydrogen-bond acceptors (Lipinski definition) is 4. The molecule has 0 unspecified atom stereocenters. The molecule has 112 valence electrons. The third-order valence-corrected chi connectivity index (χ3v) is 3.33.